The van der Waals surface area contributed by atoms with E-state index in [1.807, 2.05) is 0 Å². The molecule has 6 heteroatoms. The molecule has 1 aromatic rings. The van der Waals surface area contributed by atoms with Crippen molar-refractivity contribution in [2.24, 2.45) is 17.0 Å². The first kappa shape index (κ1) is 14.0. The molecule has 1 aromatic carbocycles. The van der Waals surface area contributed by atoms with E-state index in [2.05, 4.69) is 4.90 Å². The van der Waals surface area contributed by atoms with Crippen LogP contribution in [0.15, 0.2) is 23.1 Å². The number of hydrogen-bond acceptors (Lipinski definition) is 3. The molecule has 0 saturated carbocycles. The quantitative estimate of drug-likeness (QED) is 0.916. The van der Waals surface area contributed by atoms with Crippen LogP contribution in [0, 0.1) is 17.7 Å². The van der Waals surface area contributed by atoms with Gasteiger partial charge in [-0.2, -0.15) is 0 Å². The number of sulfonamides is 1. The van der Waals surface area contributed by atoms with Crippen molar-refractivity contribution in [2.45, 2.75) is 24.2 Å². The third-order valence-corrected chi connectivity index (χ3v) is 5.61. The number of rotatable bonds is 3. The Morgan fingerprint density at radius 1 is 1.30 bits per heavy atom. The van der Waals surface area contributed by atoms with Gasteiger partial charge >= 0.3 is 0 Å². The van der Waals surface area contributed by atoms with Gasteiger partial charge in [-0.05, 0) is 68.0 Å². The zero-order valence-corrected chi connectivity index (χ0v) is 12.1. The Hall–Kier alpha value is -0.980. The number of primary sulfonamides is 1. The lowest BCUT2D eigenvalue weighted by atomic mass is 9.76. The summed E-state index contributed by atoms with van der Waals surface area (Å²) in [5, 5.41) is 5.23. The molecular weight excluding hydrogens is 279 g/mol. The SMILES string of the molecule is NS(=O)(=O)c1ccc(F)cc1CC1CN2CCC1CC2. The second-order valence-corrected chi connectivity index (χ2v) is 7.43. The molecule has 3 fully saturated rings. The third kappa shape index (κ3) is 2.73. The minimum absolute atomic E-state index is 0.0651. The standard InChI is InChI=1S/C14H19FN2O2S/c15-13-1-2-14(20(16,18)19)11(8-13)7-12-9-17-5-3-10(12)4-6-17/h1-2,8,10,12H,3-7,9H2,(H2,16,18,19). The number of nitrogens with two attached hydrogens (primary N) is 1. The second kappa shape index (κ2) is 5.09. The summed E-state index contributed by atoms with van der Waals surface area (Å²) in [6, 6.07) is 3.75. The van der Waals surface area contributed by atoms with Gasteiger partial charge in [-0.1, -0.05) is 0 Å². The molecule has 2 bridgehead atoms. The van der Waals surface area contributed by atoms with Crippen molar-refractivity contribution in [3.05, 3.63) is 29.6 Å². The summed E-state index contributed by atoms with van der Waals surface area (Å²) in [4.78, 5) is 2.47. The van der Waals surface area contributed by atoms with Crippen molar-refractivity contribution in [1.82, 2.24) is 4.90 Å². The molecule has 1 unspecified atom stereocenters. The van der Waals surface area contributed by atoms with Crippen LogP contribution in [0.5, 0.6) is 0 Å². The zero-order valence-electron chi connectivity index (χ0n) is 11.3. The molecular formula is C14H19FN2O2S. The highest BCUT2D eigenvalue weighted by Gasteiger charge is 2.34. The Bertz CT molecular complexity index is 610. The molecule has 0 aliphatic carbocycles. The molecule has 0 spiro atoms. The van der Waals surface area contributed by atoms with Crippen LogP contribution >= 0.6 is 0 Å². The smallest absolute Gasteiger partial charge is 0.238 e. The third-order valence-electron chi connectivity index (χ3n) is 4.60. The van der Waals surface area contributed by atoms with Crippen molar-refractivity contribution in [3.63, 3.8) is 0 Å². The normalized spacial score (nSPS) is 29.6. The highest BCUT2D eigenvalue weighted by molar-refractivity contribution is 7.89. The average molecular weight is 298 g/mol. The van der Waals surface area contributed by atoms with E-state index in [1.165, 1.54) is 12.1 Å². The zero-order chi connectivity index (χ0) is 14.3. The van der Waals surface area contributed by atoms with Crippen LogP contribution in [-0.2, 0) is 16.4 Å². The minimum atomic E-state index is -3.79. The topological polar surface area (TPSA) is 63.4 Å². The maximum absolute atomic E-state index is 13.4. The summed E-state index contributed by atoms with van der Waals surface area (Å²) in [6.45, 7) is 3.24. The van der Waals surface area contributed by atoms with Crippen LogP contribution in [0.1, 0.15) is 18.4 Å². The molecule has 0 amide bonds. The first-order valence-electron chi connectivity index (χ1n) is 6.97. The maximum Gasteiger partial charge on any atom is 0.238 e. The number of piperidine rings is 3. The lowest BCUT2D eigenvalue weighted by Crippen LogP contribution is -2.48. The van der Waals surface area contributed by atoms with Crippen molar-refractivity contribution < 1.29 is 12.8 Å². The van der Waals surface area contributed by atoms with Crippen molar-refractivity contribution in [1.29, 1.82) is 0 Å². The van der Waals surface area contributed by atoms with E-state index in [0.29, 0.717) is 23.8 Å². The van der Waals surface area contributed by atoms with Gasteiger partial charge in [0.2, 0.25) is 10.0 Å². The molecule has 1 atom stereocenters. The van der Waals surface area contributed by atoms with E-state index >= 15 is 0 Å². The van der Waals surface area contributed by atoms with E-state index in [0.717, 1.165) is 38.5 Å². The summed E-state index contributed by atoms with van der Waals surface area (Å²) >= 11 is 0. The molecule has 3 aliphatic heterocycles. The van der Waals surface area contributed by atoms with Crippen LogP contribution in [0.2, 0.25) is 0 Å². The average Bonchev–Trinajstić information content (AvgIpc) is 2.38. The lowest BCUT2D eigenvalue weighted by Gasteiger charge is -2.45. The van der Waals surface area contributed by atoms with Crippen LogP contribution in [-0.4, -0.2) is 33.0 Å². The fraction of sp³-hybridized carbons (Fsp3) is 0.571. The molecule has 0 aromatic heterocycles. The van der Waals surface area contributed by atoms with Crippen molar-refractivity contribution in [3.8, 4) is 0 Å². The molecule has 4 nitrogen and oxygen atoms in total. The Morgan fingerprint density at radius 3 is 2.55 bits per heavy atom. The van der Waals surface area contributed by atoms with E-state index in [1.54, 1.807) is 0 Å². The summed E-state index contributed by atoms with van der Waals surface area (Å²) in [5.74, 6) is 0.616. The first-order valence-corrected chi connectivity index (χ1v) is 8.52. The minimum Gasteiger partial charge on any atom is -0.303 e. The Balaban J connectivity index is 1.89. The molecule has 3 saturated heterocycles. The summed E-state index contributed by atoms with van der Waals surface area (Å²) in [5.41, 5.74) is 0.520. The van der Waals surface area contributed by atoms with Gasteiger partial charge in [-0.3, -0.25) is 0 Å². The molecule has 20 heavy (non-hydrogen) atoms. The number of hydrogen-bond donors (Lipinski definition) is 1. The second-order valence-electron chi connectivity index (χ2n) is 5.90. The van der Waals surface area contributed by atoms with Gasteiger partial charge in [0.1, 0.15) is 5.82 Å². The molecule has 110 valence electrons. The predicted octanol–water partition coefficient (Wildman–Crippen LogP) is 1.36. The largest absolute Gasteiger partial charge is 0.303 e. The van der Waals surface area contributed by atoms with Gasteiger partial charge in [0, 0.05) is 6.54 Å². The van der Waals surface area contributed by atoms with Gasteiger partial charge in [-0.25, -0.2) is 17.9 Å². The monoisotopic (exact) mass is 298 g/mol. The van der Waals surface area contributed by atoms with Crippen molar-refractivity contribution >= 4 is 10.0 Å². The number of fused-ring (bicyclic) bond motifs is 3. The fourth-order valence-corrected chi connectivity index (χ4v) is 4.35. The molecule has 3 heterocycles. The van der Waals surface area contributed by atoms with Gasteiger partial charge in [-0.15, -0.1) is 0 Å². The Labute approximate surface area is 118 Å². The summed E-state index contributed by atoms with van der Waals surface area (Å²) < 4.78 is 36.7. The van der Waals surface area contributed by atoms with Crippen LogP contribution in [0.25, 0.3) is 0 Å². The number of nitrogens with zero attached hydrogens (tertiary/aromatic N) is 1. The van der Waals surface area contributed by atoms with Gasteiger partial charge in [0.05, 0.1) is 4.90 Å². The molecule has 4 rings (SSSR count). The molecule has 2 N–H and O–H groups in total. The maximum atomic E-state index is 13.4. The number of halogens is 1. The van der Waals surface area contributed by atoms with E-state index < -0.39 is 15.8 Å². The van der Waals surface area contributed by atoms with Crippen LogP contribution < -0.4 is 5.14 Å². The molecule has 3 aliphatic rings. The van der Waals surface area contributed by atoms with Crippen LogP contribution in [0.4, 0.5) is 4.39 Å². The predicted molar refractivity (Wildman–Crippen MR) is 74.1 cm³/mol. The molecule has 0 radical (unpaired) electrons. The first-order chi connectivity index (χ1) is 9.43. The Kier molecular flexibility index (Phi) is 3.56. The van der Waals surface area contributed by atoms with E-state index in [-0.39, 0.29) is 4.90 Å². The van der Waals surface area contributed by atoms with Gasteiger partial charge in [0.25, 0.3) is 0 Å². The highest BCUT2D eigenvalue weighted by atomic mass is 32.2. The number of benzene rings is 1. The van der Waals surface area contributed by atoms with Gasteiger partial charge < -0.3 is 4.90 Å². The highest BCUT2D eigenvalue weighted by Crippen LogP contribution is 2.35. The van der Waals surface area contributed by atoms with Crippen LogP contribution in [0.3, 0.4) is 0 Å². The van der Waals surface area contributed by atoms with Crippen molar-refractivity contribution in [2.75, 3.05) is 19.6 Å². The fourth-order valence-electron chi connectivity index (χ4n) is 3.59. The van der Waals surface area contributed by atoms with E-state index in [9.17, 15) is 12.8 Å². The lowest BCUT2D eigenvalue weighted by molar-refractivity contribution is 0.0509. The summed E-state index contributed by atoms with van der Waals surface area (Å²) in [7, 11) is -3.79. The van der Waals surface area contributed by atoms with E-state index in [4.69, 9.17) is 5.14 Å². The Morgan fingerprint density at radius 2 is 2.00 bits per heavy atom. The summed E-state index contributed by atoms with van der Waals surface area (Å²) in [6.07, 6.45) is 2.90. The van der Waals surface area contributed by atoms with Gasteiger partial charge in [0.15, 0.2) is 0 Å².